The summed E-state index contributed by atoms with van der Waals surface area (Å²) >= 11 is 0. The van der Waals surface area contributed by atoms with E-state index in [1.54, 1.807) is 0 Å². The zero-order chi connectivity index (χ0) is 5.82. The molecule has 9 heavy (non-hydrogen) atoms. The van der Waals surface area contributed by atoms with Crippen molar-refractivity contribution in [2.45, 2.75) is 0 Å². The number of rotatable bonds is 1. The molecule has 0 spiro atoms. The van der Waals surface area contributed by atoms with Gasteiger partial charge < -0.3 is 24.0 Å². The SMILES string of the molecule is C=Cc1cc[nH+]cc1.[I-]. The molecule has 0 amide bonds. The van der Waals surface area contributed by atoms with Crippen molar-refractivity contribution in [2.24, 2.45) is 0 Å². The number of H-pyrrole nitrogens is 1. The number of aromatic amines is 1. The van der Waals surface area contributed by atoms with Crippen molar-refractivity contribution in [2.75, 3.05) is 0 Å². The number of pyridine rings is 1. The third-order valence-electron chi connectivity index (χ3n) is 0.980. The number of nitrogens with one attached hydrogen (secondary N) is 1. The molecule has 0 aliphatic carbocycles. The second-order valence-electron chi connectivity index (χ2n) is 1.54. The molecule has 0 saturated carbocycles. The Morgan fingerprint density at radius 3 is 2.22 bits per heavy atom. The van der Waals surface area contributed by atoms with Crippen molar-refractivity contribution in [1.82, 2.24) is 0 Å². The summed E-state index contributed by atoms with van der Waals surface area (Å²) in [7, 11) is 0. The molecule has 1 aromatic heterocycles. The molecule has 2 heteroatoms. The Bertz CT molecular complexity index is 172. The van der Waals surface area contributed by atoms with Gasteiger partial charge in [0.2, 0.25) is 0 Å². The maximum absolute atomic E-state index is 3.62. The van der Waals surface area contributed by atoms with Crippen molar-refractivity contribution in [3.05, 3.63) is 36.7 Å². The van der Waals surface area contributed by atoms with Crippen LogP contribution in [0.1, 0.15) is 5.56 Å². The Hall–Kier alpha value is -0.380. The molecule has 1 heterocycles. The van der Waals surface area contributed by atoms with Crippen LogP contribution in [0.25, 0.3) is 6.08 Å². The average Bonchev–Trinajstić information content (AvgIpc) is 1.90. The molecule has 48 valence electrons. The van der Waals surface area contributed by atoms with E-state index in [9.17, 15) is 0 Å². The monoisotopic (exact) mass is 233 g/mol. The maximum Gasteiger partial charge on any atom is 0.167 e. The molecule has 0 aromatic carbocycles. The first-order chi connectivity index (χ1) is 3.93. The molecule has 0 saturated heterocycles. The largest absolute Gasteiger partial charge is 1.00 e. The van der Waals surface area contributed by atoms with Crippen LogP contribution in [0.5, 0.6) is 0 Å². The van der Waals surface area contributed by atoms with Gasteiger partial charge in [0, 0.05) is 12.1 Å². The Morgan fingerprint density at radius 2 is 1.89 bits per heavy atom. The molecule has 1 nitrogen and oxygen atoms in total. The minimum Gasteiger partial charge on any atom is -1.00 e. The van der Waals surface area contributed by atoms with Crippen LogP contribution in [0.15, 0.2) is 31.1 Å². The van der Waals surface area contributed by atoms with Gasteiger partial charge in [-0.25, -0.2) is 4.98 Å². The molecule has 1 aromatic rings. The molecular formula is C7H8IN. The lowest BCUT2D eigenvalue weighted by Gasteiger charge is -1.80. The molecule has 0 atom stereocenters. The fourth-order valence-electron chi connectivity index (χ4n) is 0.536. The molecule has 0 aliphatic heterocycles. The first kappa shape index (κ1) is 8.62. The van der Waals surface area contributed by atoms with Crippen LogP contribution < -0.4 is 29.0 Å². The van der Waals surface area contributed by atoms with Gasteiger partial charge in [-0.15, -0.1) is 0 Å². The summed E-state index contributed by atoms with van der Waals surface area (Å²) in [6, 6.07) is 3.93. The third kappa shape index (κ3) is 2.60. The highest BCUT2D eigenvalue weighted by Gasteiger charge is 1.81. The first-order valence-corrected chi connectivity index (χ1v) is 2.52. The van der Waals surface area contributed by atoms with Gasteiger partial charge in [-0.1, -0.05) is 12.7 Å². The highest BCUT2D eigenvalue weighted by atomic mass is 127. The molecule has 0 unspecified atom stereocenters. The lowest BCUT2D eigenvalue weighted by Crippen LogP contribution is -3.00. The maximum atomic E-state index is 3.62. The second kappa shape index (κ2) is 4.49. The summed E-state index contributed by atoms with van der Waals surface area (Å²) < 4.78 is 0. The fourth-order valence-corrected chi connectivity index (χ4v) is 0.536. The fraction of sp³-hybridized carbons (Fsp3) is 0. The van der Waals surface area contributed by atoms with E-state index in [-0.39, 0.29) is 24.0 Å². The molecule has 0 radical (unpaired) electrons. The van der Waals surface area contributed by atoms with Gasteiger partial charge in [-0.05, 0) is 5.56 Å². The molecular weight excluding hydrogens is 225 g/mol. The summed E-state index contributed by atoms with van der Waals surface area (Å²) in [5, 5.41) is 0. The van der Waals surface area contributed by atoms with Gasteiger partial charge in [0.1, 0.15) is 0 Å². The second-order valence-corrected chi connectivity index (χ2v) is 1.54. The molecule has 0 bridgehead atoms. The van der Waals surface area contributed by atoms with Gasteiger partial charge in [-0.3, -0.25) is 0 Å². The lowest BCUT2D eigenvalue weighted by molar-refractivity contribution is -0.378. The summed E-state index contributed by atoms with van der Waals surface area (Å²) in [5.41, 5.74) is 1.14. The van der Waals surface area contributed by atoms with Gasteiger partial charge in [0.25, 0.3) is 0 Å². The smallest absolute Gasteiger partial charge is 0.167 e. The van der Waals surface area contributed by atoms with E-state index in [2.05, 4.69) is 11.6 Å². The van der Waals surface area contributed by atoms with Crippen LogP contribution in [0.2, 0.25) is 0 Å². The standard InChI is InChI=1S/C7H7N.HI/c1-2-7-3-5-8-6-4-7;/h2-6H,1H2;1H. The van der Waals surface area contributed by atoms with Crippen molar-refractivity contribution in [3.63, 3.8) is 0 Å². The van der Waals surface area contributed by atoms with Crippen molar-refractivity contribution in [3.8, 4) is 0 Å². The quantitative estimate of drug-likeness (QED) is 0.505. The van der Waals surface area contributed by atoms with Crippen LogP contribution >= 0.6 is 0 Å². The van der Waals surface area contributed by atoms with Gasteiger partial charge >= 0.3 is 0 Å². The van der Waals surface area contributed by atoms with E-state index in [0.717, 1.165) is 5.56 Å². The number of halogens is 1. The zero-order valence-corrected chi connectivity index (χ0v) is 7.13. The van der Waals surface area contributed by atoms with Crippen molar-refractivity contribution in [1.29, 1.82) is 0 Å². The van der Waals surface area contributed by atoms with E-state index in [0.29, 0.717) is 0 Å². The summed E-state index contributed by atoms with van der Waals surface area (Å²) in [6.07, 6.45) is 5.56. The molecule has 0 fully saturated rings. The third-order valence-corrected chi connectivity index (χ3v) is 0.980. The van der Waals surface area contributed by atoms with Gasteiger partial charge in [-0.2, -0.15) is 0 Å². The Balaban J connectivity index is 0.000000640. The minimum atomic E-state index is 0. The average molecular weight is 233 g/mol. The van der Waals surface area contributed by atoms with E-state index in [1.165, 1.54) is 0 Å². The zero-order valence-electron chi connectivity index (χ0n) is 4.97. The molecule has 1 rings (SSSR count). The lowest BCUT2D eigenvalue weighted by atomic mass is 10.3. The first-order valence-electron chi connectivity index (χ1n) is 2.52. The highest BCUT2D eigenvalue weighted by molar-refractivity contribution is 5.44. The van der Waals surface area contributed by atoms with Crippen LogP contribution in [0, 0.1) is 0 Å². The number of aromatic nitrogens is 1. The summed E-state index contributed by atoms with van der Waals surface area (Å²) in [4.78, 5) is 2.92. The summed E-state index contributed by atoms with van der Waals surface area (Å²) in [5.74, 6) is 0. The topological polar surface area (TPSA) is 14.1 Å². The van der Waals surface area contributed by atoms with Crippen LogP contribution in [0.4, 0.5) is 0 Å². The number of hydrogen-bond acceptors (Lipinski definition) is 0. The molecule has 0 aliphatic rings. The highest BCUT2D eigenvalue weighted by Crippen LogP contribution is 1.93. The predicted octanol–water partition coefficient (Wildman–Crippen LogP) is -1.85. The van der Waals surface area contributed by atoms with E-state index in [4.69, 9.17) is 0 Å². The summed E-state index contributed by atoms with van der Waals surface area (Å²) in [6.45, 7) is 3.62. The Morgan fingerprint density at radius 1 is 1.33 bits per heavy atom. The normalized spacial score (nSPS) is 7.56. The van der Waals surface area contributed by atoms with E-state index < -0.39 is 0 Å². The van der Waals surface area contributed by atoms with Gasteiger partial charge in [0.15, 0.2) is 12.4 Å². The van der Waals surface area contributed by atoms with Crippen LogP contribution in [-0.4, -0.2) is 0 Å². The van der Waals surface area contributed by atoms with E-state index >= 15 is 0 Å². The van der Waals surface area contributed by atoms with Crippen molar-refractivity contribution >= 4 is 6.08 Å². The van der Waals surface area contributed by atoms with E-state index in [1.807, 2.05) is 30.6 Å². The minimum absolute atomic E-state index is 0. The predicted molar refractivity (Wildman–Crippen MR) is 33.1 cm³/mol. The van der Waals surface area contributed by atoms with Crippen LogP contribution in [-0.2, 0) is 0 Å². The Labute approximate surface area is 71.8 Å². The number of hydrogen-bond donors (Lipinski definition) is 0. The van der Waals surface area contributed by atoms with Gasteiger partial charge in [0.05, 0.1) is 0 Å². The van der Waals surface area contributed by atoms with Crippen molar-refractivity contribution < 1.29 is 29.0 Å². The molecule has 1 N–H and O–H groups in total. The van der Waals surface area contributed by atoms with Crippen LogP contribution in [0.3, 0.4) is 0 Å². The Kier molecular flexibility index (Phi) is 4.30.